The van der Waals surface area contributed by atoms with Gasteiger partial charge in [0.25, 0.3) is 5.91 Å². The number of ether oxygens (including phenoxy) is 1. The first-order chi connectivity index (χ1) is 11.1. The summed E-state index contributed by atoms with van der Waals surface area (Å²) >= 11 is 0. The van der Waals surface area contributed by atoms with Gasteiger partial charge in [-0.15, -0.1) is 0 Å². The van der Waals surface area contributed by atoms with Crippen LogP contribution in [0.5, 0.6) is 5.75 Å². The van der Waals surface area contributed by atoms with E-state index in [1.54, 1.807) is 6.20 Å². The van der Waals surface area contributed by atoms with Gasteiger partial charge < -0.3 is 15.4 Å². The lowest BCUT2D eigenvalue weighted by Crippen LogP contribution is -2.32. The molecule has 6 nitrogen and oxygen atoms in total. The second kappa shape index (κ2) is 8.12. The van der Waals surface area contributed by atoms with E-state index in [1.165, 1.54) is 6.20 Å². The van der Waals surface area contributed by atoms with Gasteiger partial charge in [-0.1, -0.05) is 6.92 Å². The highest BCUT2D eigenvalue weighted by molar-refractivity contribution is 5.92. The minimum absolute atomic E-state index is 0.117. The molecule has 0 fully saturated rings. The van der Waals surface area contributed by atoms with Crippen LogP contribution < -0.4 is 15.4 Å². The zero-order valence-corrected chi connectivity index (χ0v) is 13.7. The lowest BCUT2D eigenvalue weighted by atomic mass is 10.2. The van der Waals surface area contributed by atoms with E-state index >= 15 is 0 Å². The number of hydrogen-bond donors (Lipinski definition) is 2. The molecule has 1 heterocycles. The molecule has 0 aliphatic rings. The highest BCUT2D eigenvalue weighted by Crippen LogP contribution is 2.18. The Balaban J connectivity index is 1.98. The van der Waals surface area contributed by atoms with E-state index in [1.807, 2.05) is 45.0 Å². The predicted octanol–water partition coefficient (Wildman–Crippen LogP) is 3.15. The molecule has 0 aliphatic heterocycles. The van der Waals surface area contributed by atoms with E-state index < -0.39 is 0 Å². The molecule has 2 aromatic rings. The van der Waals surface area contributed by atoms with Gasteiger partial charge in [0, 0.05) is 11.7 Å². The number of nitrogens with one attached hydrogen (secondary N) is 2. The van der Waals surface area contributed by atoms with Gasteiger partial charge in [0.05, 0.1) is 19.0 Å². The fourth-order valence-corrected chi connectivity index (χ4v) is 1.86. The van der Waals surface area contributed by atoms with Crippen LogP contribution in [0.25, 0.3) is 0 Å². The van der Waals surface area contributed by atoms with E-state index in [4.69, 9.17) is 4.74 Å². The molecule has 23 heavy (non-hydrogen) atoms. The summed E-state index contributed by atoms with van der Waals surface area (Å²) in [7, 11) is 0. The third-order valence-electron chi connectivity index (χ3n) is 3.31. The summed E-state index contributed by atoms with van der Waals surface area (Å²) in [6.07, 6.45) is 3.88. The zero-order chi connectivity index (χ0) is 16.7. The molecule has 2 rings (SSSR count). The van der Waals surface area contributed by atoms with Crippen molar-refractivity contribution >= 4 is 17.4 Å². The van der Waals surface area contributed by atoms with Crippen LogP contribution in [-0.4, -0.2) is 28.5 Å². The Kier molecular flexibility index (Phi) is 5.91. The second-order valence-electron chi connectivity index (χ2n) is 5.15. The summed E-state index contributed by atoms with van der Waals surface area (Å²) in [5.74, 6) is 1.19. The van der Waals surface area contributed by atoms with Crippen LogP contribution in [0.1, 0.15) is 37.7 Å². The summed E-state index contributed by atoms with van der Waals surface area (Å²) in [4.78, 5) is 20.3. The number of carbonyl (C=O) groups excluding carboxylic acids is 1. The van der Waals surface area contributed by atoms with Crippen LogP contribution in [0, 0.1) is 0 Å². The Morgan fingerprint density at radius 3 is 2.48 bits per heavy atom. The van der Waals surface area contributed by atoms with Crippen LogP contribution >= 0.6 is 0 Å². The zero-order valence-electron chi connectivity index (χ0n) is 13.7. The minimum Gasteiger partial charge on any atom is -0.494 e. The van der Waals surface area contributed by atoms with Crippen LogP contribution in [0.2, 0.25) is 0 Å². The second-order valence-corrected chi connectivity index (χ2v) is 5.15. The maximum absolute atomic E-state index is 11.9. The first-order valence-electron chi connectivity index (χ1n) is 7.75. The van der Waals surface area contributed by atoms with E-state index in [-0.39, 0.29) is 11.9 Å². The average Bonchev–Trinajstić information content (AvgIpc) is 2.57. The van der Waals surface area contributed by atoms with Gasteiger partial charge >= 0.3 is 0 Å². The van der Waals surface area contributed by atoms with Gasteiger partial charge in [-0.05, 0) is 44.5 Å². The molecule has 2 N–H and O–H groups in total. The SMILES string of the molecule is CCOc1ccc(Nc2cnc(C(=O)NC(C)CC)cn2)cc1. The Morgan fingerprint density at radius 1 is 1.17 bits per heavy atom. The van der Waals surface area contributed by atoms with Crippen molar-refractivity contribution in [2.45, 2.75) is 33.2 Å². The third-order valence-corrected chi connectivity index (χ3v) is 3.31. The summed E-state index contributed by atoms with van der Waals surface area (Å²) < 4.78 is 5.39. The molecular weight excluding hydrogens is 292 g/mol. The molecule has 0 saturated carbocycles. The van der Waals surface area contributed by atoms with E-state index in [0.29, 0.717) is 18.1 Å². The standard InChI is InChI=1S/C17H22N4O2/c1-4-12(3)20-17(22)15-10-19-16(11-18-15)21-13-6-8-14(9-7-13)23-5-2/h6-12H,4-5H2,1-3H3,(H,19,21)(H,20,22). The maximum Gasteiger partial charge on any atom is 0.271 e. The van der Waals surface area contributed by atoms with Crippen molar-refractivity contribution < 1.29 is 9.53 Å². The fourth-order valence-electron chi connectivity index (χ4n) is 1.86. The first kappa shape index (κ1) is 16.7. The summed E-state index contributed by atoms with van der Waals surface area (Å²) in [6, 6.07) is 7.68. The number of nitrogens with zero attached hydrogens (tertiary/aromatic N) is 2. The van der Waals surface area contributed by atoms with E-state index in [9.17, 15) is 4.79 Å². The molecule has 0 aliphatic carbocycles. The van der Waals surface area contributed by atoms with Crippen molar-refractivity contribution in [3.8, 4) is 5.75 Å². The van der Waals surface area contributed by atoms with E-state index in [2.05, 4.69) is 20.6 Å². The maximum atomic E-state index is 11.9. The molecule has 1 amide bonds. The Hall–Kier alpha value is -2.63. The highest BCUT2D eigenvalue weighted by Gasteiger charge is 2.10. The molecule has 122 valence electrons. The lowest BCUT2D eigenvalue weighted by Gasteiger charge is -2.11. The number of anilines is 2. The van der Waals surface area contributed by atoms with Gasteiger partial charge in [-0.25, -0.2) is 9.97 Å². The summed E-state index contributed by atoms with van der Waals surface area (Å²) in [5.41, 5.74) is 1.18. The van der Waals surface area contributed by atoms with Gasteiger partial charge in [-0.3, -0.25) is 4.79 Å². The van der Waals surface area contributed by atoms with Crippen LogP contribution in [0.4, 0.5) is 11.5 Å². The summed E-state index contributed by atoms with van der Waals surface area (Å²) in [6.45, 7) is 6.55. The Labute approximate surface area is 136 Å². The lowest BCUT2D eigenvalue weighted by molar-refractivity contribution is 0.0934. The Morgan fingerprint density at radius 2 is 1.91 bits per heavy atom. The summed E-state index contributed by atoms with van der Waals surface area (Å²) in [5, 5.41) is 5.99. The van der Waals surface area contributed by atoms with Crippen LogP contribution in [-0.2, 0) is 0 Å². The molecule has 0 saturated heterocycles. The largest absolute Gasteiger partial charge is 0.494 e. The molecule has 1 aromatic heterocycles. The molecular formula is C17H22N4O2. The molecule has 6 heteroatoms. The molecule has 0 bridgehead atoms. The number of carbonyl (C=O) groups is 1. The van der Waals surface area contributed by atoms with Crippen LogP contribution in [0.3, 0.4) is 0 Å². The molecule has 0 radical (unpaired) electrons. The smallest absolute Gasteiger partial charge is 0.271 e. The number of amides is 1. The topological polar surface area (TPSA) is 76.1 Å². The van der Waals surface area contributed by atoms with Gasteiger partial charge in [0.1, 0.15) is 17.3 Å². The van der Waals surface area contributed by atoms with Crippen molar-refractivity contribution in [3.05, 3.63) is 42.4 Å². The van der Waals surface area contributed by atoms with Crippen molar-refractivity contribution in [1.82, 2.24) is 15.3 Å². The molecule has 0 spiro atoms. The normalized spacial score (nSPS) is 11.6. The van der Waals surface area contributed by atoms with Gasteiger partial charge in [0.2, 0.25) is 0 Å². The molecule has 1 unspecified atom stereocenters. The number of aromatic nitrogens is 2. The van der Waals surface area contributed by atoms with Crippen molar-refractivity contribution in [2.24, 2.45) is 0 Å². The fraction of sp³-hybridized carbons (Fsp3) is 0.353. The number of hydrogen-bond acceptors (Lipinski definition) is 5. The average molecular weight is 314 g/mol. The third kappa shape index (κ3) is 4.95. The van der Waals surface area contributed by atoms with Crippen molar-refractivity contribution in [3.63, 3.8) is 0 Å². The van der Waals surface area contributed by atoms with Gasteiger partial charge in [-0.2, -0.15) is 0 Å². The quantitative estimate of drug-likeness (QED) is 0.821. The van der Waals surface area contributed by atoms with Crippen molar-refractivity contribution in [1.29, 1.82) is 0 Å². The Bertz CT molecular complexity index is 626. The highest BCUT2D eigenvalue weighted by atomic mass is 16.5. The predicted molar refractivity (Wildman–Crippen MR) is 90.1 cm³/mol. The molecule has 1 aromatic carbocycles. The molecule has 1 atom stereocenters. The number of benzene rings is 1. The van der Waals surface area contributed by atoms with Gasteiger partial charge in [0.15, 0.2) is 0 Å². The number of rotatable bonds is 7. The van der Waals surface area contributed by atoms with Crippen molar-refractivity contribution in [2.75, 3.05) is 11.9 Å². The monoisotopic (exact) mass is 314 g/mol. The minimum atomic E-state index is -0.209. The van der Waals surface area contributed by atoms with Crippen LogP contribution in [0.15, 0.2) is 36.7 Å². The first-order valence-corrected chi connectivity index (χ1v) is 7.75. The van der Waals surface area contributed by atoms with E-state index in [0.717, 1.165) is 17.9 Å².